The summed E-state index contributed by atoms with van der Waals surface area (Å²) in [7, 11) is -2.88. The lowest BCUT2D eigenvalue weighted by atomic mass is 10.4. The summed E-state index contributed by atoms with van der Waals surface area (Å²) in [5.41, 5.74) is 0.771. The number of aromatic nitrogens is 1. The third kappa shape index (κ3) is 2.45. The van der Waals surface area contributed by atoms with E-state index >= 15 is 0 Å². The molecule has 56 valence electrons. The van der Waals surface area contributed by atoms with Crippen molar-refractivity contribution in [2.24, 2.45) is 0 Å². The van der Waals surface area contributed by atoms with Crippen LogP contribution in [0.25, 0.3) is 0 Å². The number of hydrogen-bond donors (Lipinski definition) is 0. The molecule has 1 heterocycles. The molecule has 0 aromatic carbocycles. The van der Waals surface area contributed by atoms with Gasteiger partial charge in [-0.3, -0.25) is 0 Å². The summed E-state index contributed by atoms with van der Waals surface area (Å²) in [5.74, 6) is 0.101. The second-order valence-corrected chi connectivity index (χ2v) is 4.90. The SMILES string of the molecule is CS(=O)(=O)Cc1cnsc1. The summed E-state index contributed by atoms with van der Waals surface area (Å²) in [6.07, 6.45) is 2.79. The third-order valence-electron chi connectivity index (χ3n) is 0.912. The van der Waals surface area contributed by atoms with Crippen molar-refractivity contribution in [2.45, 2.75) is 5.75 Å². The van der Waals surface area contributed by atoms with Crippen LogP contribution < -0.4 is 0 Å². The molecular formula is C5H7NO2S2. The van der Waals surface area contributed by atoms with Crippen molar-refractivity contribution in [2.75, 3.05) is 6.26 Å². The minimum absolute atomic E-state index is 0.101. The lowest BCUT2D eigenvalue weighted by Crippen LogP contribution is -1.98. The van der Waals surface area contributed by atoms with Crippen molar-refractivity contribution in [1.29, 1.82) is 0 Å². The lowest BCUT2D eigenvalue weighted by molar-refractivity contribution is 0.601. The summed E-state index contributed by atoms with van der Waals surface area (Å²) >= 11 is 1.27. The fourth-order valence-electron chi connectivity index (χ4n) is 0.601. The second kappa shape index (κ2) is 2.67. The Morgan fingerprint density at radius 1 is 1.70 bits per heavy atom. The van der Waals surface area contributed by atoms with E-state index in [1.54, 1.807) is 11.6 Å². The van der Waals surface area contributed by atoms with E-state index in [0.29, 0.717) is 0 Å². The van der Waals surface area contributed by atoms with Gasteiger partial charge < -0.3 is 0 Å². The highest BCUT2D eigenvalue weighted by atomic mass is 32.2. The summed E-state index contributed by atoms with van der Waals surface area (Å²) in [6, 6.07) is 0. The maximum atomic E-state index is 10.7. The van der Waals surface area contributed by atoms with Gasteiger partial charge >= 0.3 is 0 Å². The van der Waals surface area contributed by atoms with Crippen LogP contribution in [0.3, 0.4) is 0 Å². The maximum absolute atomic E-state index is 10.7. The molecule has 0 radical (unpaired) electrons. The molecule has 0 saturated carbocycles. The normalized spacial score (nSPS) is 11.7. The molecule has 5 heteroatoms. The highest BCUT2D eigenvalue weighted by Crippen LogP contribution is 2.05. The van der Waals surface area contributed by atoms with Gasteiger partial charge in [-0.1, -0.05) is 0 Å². The van der Waals surface area contributed by atoms with Crippen LogP contribution in [0.5, 0.6) is 0 Å². The van der Waals surface area contributed by atoms with E-state index in [4.69, 9.17) is 0 Å². The van der Waals surface area contributed by atoms with Crippen molar-refractivity contribution < 1.29 is 8.42 Å². The number of hydrogen-bond acceptors (Lipinski definition) is 4. The van der Waals surface area contributed by atoms with E-state index in [2.05, 4.69) is 4.37 Å². The molecule has 0 aliphatic carbocycles. The molecule has 0 amide bonds. The zero-order chi connectivity index (χ0) is 7.61. The first kappa shape index (κ1) is 7.68. The van der Waals surface area contributed by atoms with E-state index in [0.717, 1.165) is 5.56 Å². The quantitative estimate of drug-likeness (QED) is 0.667. The molecule has 0 fully saturated rings. The Morgan fingerprint density at radius 3 is 2.80 bits per heavy atom. The van der Waals surface area contributed by atoms with E-state index in [1.165, 1.54) is 17.8 Å². The number of nitrogens with zero attached hydrogens (tertiary/aromatic N) is 1. The van der Waals surface area contributed by atoms with Gasteiger partial charge in [0.15, 0.2) is 9.84 Å². The lowest BCUT2D eigenvalue weighted by Gasteiger charge is -1.90. The van der Waals surface area contributed by atoms with Crippen molar-refractivity contribution in [3.63, 3.8) is 0 Å². The van der Waals surface area contributed by atoms with Crippen LogP contribution in [0.1, 0.15) is 5.56 Å². The highest BCUT2D eigenvalue weighted by Gasteiger charge is 2.03. The van der Waals surface area contributed by atoms with Crippen molar-refractivity contribution >= 4 is 21.4 Å². The van der Waals surface area contributed by atoms with Gasteiger partial charge in [0.05, 0.1) is 5.75 Å². The Balaban J connectivity index is 2.75. The molecular weight excluding hydrogens is 170 g/mol. The van der Waals surface area contributed by atoms with Crippen LogP contribution in [0.15, 0.2) is 11.6 Å². The molecule has 1 aromatic rings. The molecule has 3 nitrogen and oxygen atoms in total. The number of rotatable bonds is 2. The first-order valence-corrected chi connectivity index (χ1v) is 5.53. The van der Waals surface area contributed by atoms with Gasteiger partial charge in [0.1, 0.15) is 0 Å². The summed E-state index contributed by atoms with van der Waals surface area (Å²) < 4.78 is 25.1. The maximum Gasteiger partial charge on any atom is 0.151 e. The Morgan fingerprint density at radius 2 is 2.40 bits per heavy atom. The second-order valence-electron chi connectivity index (χ2n) is 2.10. The zero-order valence-corrected chi connectivity index (χ0v) is 7.08. The van der Waals surface area contributed by atoms with Crippen molar-refractivity contribution in [3.8, 4) is 0 Å². The predicted octanol–water partition coefficient (Wildman–Crippen LogP) is 0.688. The molecule has 0 N–H and O–H groups in total. The summed E-state index contributed by atoms with van der Waals surface area (Å²) in [5, 5.41) is 1.74. The van der Waals surface area contributed by atoms with Crippen molar-refractivity contribution in [1.82, 2.24) is 4.37 Å². The first-order valence-electron chi connectivity index (χ1n) is 2.64. The highest BCUT2D eigenvalue weighted by molar-refractivity contribution is 7.89. The van der Waals surface area contributed by atoms with Crippen LogP contribution in [-0.4, -0.2) is 19.0 Å². The van der Waals surface area contributed by atoms with E-state index < -0.39 is 9.84 Å². The monoisotopic (exact) mass is 177 g/mol. The summed E-state index contributed by atoms with van der Waals surface area (Å²) in [4.78, 5) is 0. The average Bonchev–Trinajstić information content (AvgIpc) is 2.12. The molecule has 0 atom stereocenters. The van der Waals surface area contributed by atoms with Gasteiger partial charge in [0, 0.05) is 17.8 Å². The molecule has 1 rings (SSSR count). The Hall–Kier alpha value is -0.420. The fourth-order valence-corrected chi connectivity index (χ4v) is 2.01. The van der Waals surface area contributed by atoms with Gasteiger partial charge in [0.2, 0.25) is 0 Å². The van der Waals surface area contributed by atoms with Gasteiger partial charge in [-0.2, -0.15) is 0 Å². The molecule has 0 saturated heterocycles. The largest absolute Gasteiger partial charge is 0.229 e. The smallest absolute Gasteiger partial charge is 0.151 e. The van der Waals surface area contributed by atoms with Crippen LogP contribution in [0, 0.1) is 0 Å². The van der Waals surface area contributed by atoms with Crippen LogP contribution in [0.4, 0.5) is 0 Å². The minimum Gasteiger partial charge on any atom is -0.229 e. The Bertz CT molecular complexity index is 287. The van der Waals surface area contributed by atoms with Gasteiger partial charge in [0.25, 0.3) is 0 Å². The first-order chi connectivity index (χ1) is 4.58. The van der Waals surface area contributed by atoms with E-state index in [-0.39, 0.29) is 5.75 Å². The van der Waals surface area contributed by atoms with E-state index in [9.17, 15) is 8.42 Å². The average molecular weight is 177 g/mol. The molecule has 0 spiro atoms. The minimum atomic E-state index is -2.88. The molecule has 0 aliphatic heterocycles. The predicted molar refractivity (Wildman–Crippen MR) is 40.7 cm³/mol. The Labute approximate surface area is 63.8 Å². The fraction of sp³-hybridized carbons (Fsp3) is 0.400. The molecule has 1 aromatic heterocycles. The van der Waals surface area contributed by atoms with Crippen molar-refractivity contribution in [3.05, 3.63) is 17.1 Å². The van der Waals surface area contributed by atoms with Crippen LogP contribution >= 0.6 is 11.5 Å². The molecule has 0 aliphatic rings. The molecule has 10 heavy (non-hydrogen) atoms. The van der Waals surface area contributed by atoms with Gasteiger partial charge in [-0.25, -0.2) is 12.8 Å². The molecule has 0 bridgehead atoms. The topological polar surface area (TPSA) is 47.0 Å². The summed E-state index contributed by atoms with van der Waals surface area (Å²) in [6.45, 7) is 0. The van der Waals surface area contributed by atoms with Crippen LogP contribution in [-0.2, 0) is 15.6 Å². The third-order valence-corrected chi connectivity index (χ3v) is 2.41. The van der Waals surface area contributed by atoms with Gasteiger partial charge in [-0.15, -0.1) is 0 Å². The van der Waals surface area contributed by atoms with Gasteiger partial charge in [-0.05, 0) is 17.1 Å². The molecule has 0 unspecified atom stereocenters. The Kier molecular flexibility index (Phi) is 2.05. The van der Waals surface area contributed by atoms with E-state index in [1.807, 2.05) is 0 Å². The zero-order valence-electron chi connectivity index (χ0n) is 5.44. The van der Waals surface area contributed by atoms with Crippen LogP contribution in [0.2, 0.25) is 0 Å². The number of sulfone groups is 1. The standard InChI is InChI=1S/C5H7NO2S2/c1-10(7,8)4-5-2-6-9-3-5/h2-3H,4H2,1H3.